The van der Waals surface area contributed by atoms with Crippen molar-refractivity contribution in [3.63, 3.8) is 0 Å². The number of unbranched alkanes of at least 4 members (excludes halogenated alkanes) is 3. The van der Waals surface area contributed by atoms with Crippen LogP contribution in [-0.2, 0) is 19.7 Å². The van der Waals surface area contributed by atoms with E-state index in [0.29, 0.717) is 36.6 Å². The minimum Gasteiger partial charge on any atom is -0.508 e. The second-order valence-corrected chi connectivity index (χ2v) is 13.3. The first-order chi connectivity index (χ1) is 17.9. The van der Waals surface area contributed by atoms with Gasteiger partial charge in [0.25, 0.3) is 0 Å². The molecule has 0 radical (unpaired) electrons. The van der Waals surface area contributed by atoms with E-state index in [2.05, 4.69) is 53.8 Å². The fourth-order valence-corrected chi connectivity index (χ4v) is 6.58. The highest BCUT2D eigenvalue weighted by atomic mass is 16.5. The zero-order chi connectivity index (χ0) is 27.6. The largest absolute Gasteiger partial charge is 0.508 e. The monoisotopic (exact) mass is 528 g/mol. The van der Waals surface area contributed by atoms with E-state index in [0.717, 1.165) is 54.8 Å². The van der Waals surface area contributed by atoms with Crippen molar-refractivity contribution in [2.75, 3.05) is 46.5 Å². The van der Waals surface area contributed by atoms with E-state index < -0.39 is 0 Å². The van der Waals surface area contributed by atoms with Gasteiger partial charge in [0.2, 0.25) is 0 Å². The number of nitrogens with zero attached hydrogens (tertiary/aromatic N) is 1. The number of ether oxygens (including phenoxy) is 3. The molecule has 1 aromatic carbocycles. The summed E-state index contributed by atoms with van der Waals surface area (Å²) >= 11 is 0. The molecule has 0 bridgehead atoms. The number of allylic oxidation sites excluding steroid dienone is 1. The second kappa shape index (κ2) is 11.6. The van der Waals surface area contributed by atoms with E-state index in [9.17, 15) is 9.90 Å². The van der Waals surface area contributed by atoms with Gasteiger partial charge >= 0.3 is 5.97 Å². The molecule has 2 atom stereocenters. The average Bonchev–Trinajstić information content (AvgIpc) is 2.84. The summed E-state index contributed by atoms with van der Waals surface area (Å²) < 4.78 is 18.5. The van der Waals surface area contributed by atoms with E-state index >= 15 is 0 Å². The van der Waals surface area contributed by atoms with Crippen molar-refractivity contribution >= 4 is 5.97 Å². The molecule has 1 aliphatic carbocycles. The third-order valence-electron chi connectivity index (χ3n) is 9.30. The van der Waals surface area contributed by atoms with E-state index in [1.165, 1.54) is 25.7 Å². The van der Waals surface area contributed by atoms with Crippen LogP contribution in [0, 0.1) is 5.92 Å². The zero-order valence-corrected chi connectivity index (χ0v) is 24.6. The SMILES string of the molecule is CCCCCCC(C)(C)c1cc(O)c2c(c1)OC(C)(C)C1CC=C(COC(=O)C[N+]3(C)CCOCC3)C[C@H]21. The average molecular weight is 529 g/mol. The van der Waals surface area contributed by atoms with Crippen LogP contribution in [0.2, 0.25) is 0 Å². The van der Waals surface area contributed by atoms with Gasteiger partial charge in [-0.2, -0.15) is 0 Å². The highest BCUT2D eigenvalue weighted by molar-refractivity contribution is 5.70. The second-order valence-electron chi connectivity index (χ2n) is 13.3. The van der Waals surface area contributed by atoms with Crippen LogP contribution in [0.5, 0.6) is 11.5 Å². The maximum absolute atomic E-state index is 12.7. The van der Waals surface area contributed by atoms with Crippen LogP contribution in [0.15, 0.2) is 23.8 Å². The molecule has 6 nitrogen and oxygen atoms in total. The predicted octanol–water partition coefficient (Wildman–Crippen LogP) is 6.25. The summed E-state index contributed by atoms with van der Waals surface area (Å²) in [6.45, 7) is 14.9. The number of carbonyl (C=O) groups excluding carboxylic acids is 1. The zero-order valence-electron chi connectivity index (χ0n) is 24.6. The molecule has 0 amide bonds. The van der Waals surface area contributed by atoms with Crippen molar-refractivity contribution in [1.29, 1.82) is 0 Å². The summed E-state index contributed by atoms with van der Waals surface area (Å²) in [6.07, 6.45) is 9.86. The number of morpholine rings is 1. The number of fused-ring (bicyclic) bond motifs is 3. The summed E-state index contributed by atoms with van der Waals surface area (Å²) in [7, 11) is 2.10. The highest BCUT2D eigenvalue weighted by Crippen LogP contribution is 2.55. The van der Waals surface area contributed by atoms with Gasteiger partial charge < -0.3 is 23.8 Å². The molecule has 38 heavy (non-hydrogen) atoms. The Hall–Kier alpha value is -2.05. The van der Waals surface area contributed by atoms with E-state index in [4.69, 9.17) is 14.2 Å². The molecular formula is C32H50NO5+. The topological polar surface area (TPSA) is 65.0 Å². The van der Waals surface area contributed by atoms with E-state index in [-0.39, 0.29) is 28.8 Å². The smallest absolute Gasteiger partial charge is 0.362 e. The van der Waals surface area contributed by atoms with Crippen molar-refractivity contribution < 1.29 is 28.6 Å². The molecule has 0 spiro atoms. The molecule has 0 aromatic heterocycles. The van der Waals surface area contributed by atoms with Crippen molar-refractivity contribution in [2.45, 2.75) is 96.5 Å². The normalized spacial score (nSPS) is 24.0. The summed E-state index contributed by atoms with van der Waals surface area (Å²) in [5.74, 6) is 1.39. The summed E-state index contributed by atoms with van der Waals surface area (Å²) in [4.78, 5) is 12.7. The highest BCUT2D eigenvalue weighted by Gasteiger charge is 2.46. The lowest BCUT2D eigenvalue weighted by molar-refractivity contribution is -0.910. The Bertz CT molecular complexity index is 1020. The Morgan fingerprint density at radius 1 is 1.18 bits per heavy atom. The van der Waals surface area contributed by atoms with Gasteiger partial charge in [-0.1, -0.05) is 52.5 Å². The first-order valence-electron chi connectivity index (χ1n) is 14.8. The van der Waals surface area contributed by atoms with Gasteiger partial charge in [-0.25, -0.2) is 4.79 Å². The number of esters is 1. The number of likely N-dealkylation sites (N-methyl/N-ethyl adjacent to an activating group) is 1. The standard InChI is InChI=1S/C32H49NO5/c1-7-8-9-10-13-31(2,3)24-19-27(34)30-25-18-23(11-12-26(25)32(4,5)38-28(30)20-24)22-37-29(35)21-33(6)14-16-36-17-15-33/h11,19-20,25-26H,7-10,12-18,21-22H2,1-6H3/p+1/t25-,26?/m0/s1. The molecule has 4 rings (SSSR count). The Labute approximate surface area is 229 Å². The Kier molecular flexibility index (Phi) is 8.83. The third-order valence-corrected chi connectivity index (χ3v) is 9.30. The van der Waals surface area contributed by atoms with Crippen LogP contribution < -0.4 is 4.74 Å². The van der Waals surface area contributed by atoms with Crippen LogP contribution in [0.4, 0.5) is 0 Å². The lowest BCUT2D eigenvalue weighted by atomic mass is 9.66. The van der Waals surface area contributed by atoms with Gasteiger partial charge in [-0.05, 0) is 61.8 Å². The van der Waals surface area contributed by atoms with Gasteiger partial charge in [0.15, 0.2) is 6.54 Å². The molecule has 1 N–H and O–H groups in total. The Morgan fingerprint density at radius 2 is 1.92 bits per heavy atom. The molecule has 2 aliphatic heterocycles. The van der Waals surface area contributed by atoms with Crippen molar-refractivity contribution in [2.24, 2.45) is 5.92 Å². The summed E-state index contributed by atoms with van der Waals surface area (Å²) in [6, 6.07) is 4.15. The molecular weight excluding hydrogens is 478 g/mol. The maximum Gasteiger partial charge on any atom is 0.362 e. The van der Waals surface area contributed by atoms with Crippen molar-refractivity contribution in [3.05, 3.63) is 34.9 Å². The van der Waals surface area contributed by atoms with Gasteiger partial charge in [0, 0.05) is 17.4 Å². The molecule has 1 aromatic rings. The Morgan fingerprint density at radius 3 is 2.63 bits per heavy atom. The molecule has 212 valence electrons. The van der Waals surface area contributed by atoms with E-state index in [1.807, 2.05) is 6.07 Å². The molecule has 3 aliphatic rings. The number of phenolic OH excluding ortho intramolecular Hbond substituents is 1. The van der Waals surface area contributed by atoms with Crippen LogP contribution >= 0.6 is 0 Å². The number of quaternary nitrogens is 1. The molecule has 1 unspecified atom stereocenters. The molecule has 1 fully saturated rings. The number of hydrogen-bond acceptors (Lipinski definition) is 5. The lowest BCUT2D eigenvalue weighted by Crippen LogP contribution is -2.54. The molecule has 0 saturated carbocycles. The number of phenols is 1. The first-order valence-corrected chi connectivity index (χ1v) is 14.8. The third kappa shape index (κ3) is 6.56. The maximum atomic E-state index is 12.7. The number of benzene rings is 1. The van der Waals surface area contributed by atoms with Crippen LogP contribution in [0.1, 0.15) is 96.6 Å². The van der Waals surface area contributed by atoms with Crippen LogP contribution in [-0.4, -0.2) is 67.7 Å². The van der Waals surface area contributed by atoms with Gasteiger partial charge in [0.1, 0.15) is 36.8 Å². The van der Waals surface area contributed by atoms with Gasteiger partial charge in [0.05, 0.1) is 20.3 Å². The summed E-state index contributed by atoms with van der Waals surface area (Å²) in [5, 5.41) is 11.3. The minimum atomic E-state index is -0.345. The fourth-order valence-electron chi connectivity index (χ4n) is 6.58. The minimum absolute atomic E-state index is 0.0317. The molecule has 6 heteroatoms. The number of rotatable bonds is 10. The number of hydrogen-bond donors (Lipinski definition) is 1. The van der Waals surface area contributed by atoms with Gasteiger partial charge in [-0.15, -0.1) is 0 Å². The van der Waals surface area contributed by atoms with Crippen molar-refractivity contribution in [1.82, 2.24) is 0 Å². The van der Waals surface area contributed by atoms with Crippen LogP contribution in [0.3, 0.4) is 0 Å². The van der Waals surface area contributed by atoms with Crippen molar-refractivity contribution in [3.8, 4) is 11.5 Å². The van der Waals surface area contributed by atoms with E-state index in [1.54, 1.807) is 0 Å². The lowest BCUT2D eigenvalue weighted by Gasteiger charge is -2.47. The number of carbonyl (C=O) groups is 1. The fraction of sp³-hybridized carbons (Fsp3) is 0.719. The summed E-state index contributed by atoms with van der Waals surface area (Å²) in [5.41, 5.74) is 2.81. The van der Waals surface area contributed by atoms with Gasteiger partial charge in [-0.3, -0.25) is 0 Å². The predicted molar refractivity (Wildman–Crippen MR) is 151 cm³/mol. The molecule has 1 saturated heterocycles. The van der Waals surface area contributed by atoms with Crippen LogP contribution in [0.25, 0.3) is 0 Å². The quantitative estimate of drug-likeness (QED) is 0.168. The first kappa shape index (κ1) is 28.9. The number of aromatic hydroxyl groups is 1. The Balaban J connectivity index is 1.47. The molecule has 2 heterocycles.